The number of alkyl halides is 1. The van der Waals surface area contributed by atoms with Crippen LogP contribution in [0.15, 0.2) is 18.2 Å². The predicted octanol–water partition coefficient (Wildman–Crippen LogP) is 2.65. The smallest absolute Gasteiger partial charge is 0.251 e. The highest BCUT2D eigenvalue weighted by atomic mass is 79.9. The lowest BCUT2D eigenvalue weighted by atomic mass is 10.1. The number of aryl methyl sites for hydroxylation is 1. The van der Waals surface area contributed by atoms with Crippen LogP contribution in [0.1, 0.15) is 22.8 Å². The second kappa shape index (κ2) is 5.26. The van der Waals surface area contributed by atoms with Crippen LogP contribution in [-0.4, -0.2) is 17.3 Å². The number of hydrogen-bond acceptors (Lipinski definition) is 1. The highest BCUT2D eigenvalue weighted by molar-refractivity contribution is 9.09. The summed E-state index contributed by atoms with van der Waals surface area (Å²) >= 11 is 3.31. The molecule has 1 amide bonds. The molecule has 4 heteroatoms. The quantitative estimate of drug-likeness (QED) is 0.843. The maximum atomic E-state index is 13.1. The Morgan fingerprint density at radius 1 is 1.60 bits per heavy atom. The van der Waals surface area contributed by atoms with Gasteiger partial charge in [0, 0.05) is 16.9 Å². The first-order valence-corrected chi connectivity index (χ1v) is 5.60. The minimum atomic E-state index is -0.352. The van der Waals surface area contributed by atoms with Crippen LogP contribution in [0.5, 0.6) is 0 Å². The van der Waals surface area contributed by atoms with Crippen molar-refractivity contribution in [3.8, 4) is 0 Å². The molecule has 2 nitrogen and oxygen atoms in total. The van der Waals surface area contributed by atoms with Crippen LogP contribution in [0.25, 0.3) is 0 Å². The maximum absolute atomic E-state index is 13.1. The van der Waals surface area contributed by atoms with Crippen LogP contribution >= 0.6 is 15.9 Å². The molecule has 0 saturated heterocycles. The van der Waals surface area contributed by atoms with E-state index in [1.54, 1.807) is 19.1 Å². The van der Waals surface area contributed by atoms with Crippen LogP contribution in [0.2, 0.25) is 0 Å². The molecule has 1 unspecified atom stereocenters. The molecule has 82 valence electrons. The van der Waals surface area contributed by atoms with Crippen LogP contribution in [0, 0.1) is 12.7 Å². The van der Waals surface area contributed by atoms with E-state index >= 15 is 0 Å². The second-order valence-corrected chi connectivity index (χ2v) is 5.02. The summed E-state index contributed by atoms with van der Waals surface area (Å²) in [6.45, 7) is 4.11. The molecule has 15 heavy (non-hydrogen) atoms. The van der Waals surface area contributed by atoms with E-state index in [-0.39, 0.29) is 16.6 Å². The van der Waals surface area contributed by atoms with Gasteiger partial charge in [0.2, 0.25) is 0 Å². The average Bonchev–Trinajstić information content (AvgIpc) is 2.18. The van der Waals surface area contributed by atoms with Crippen molar-refractivity contribution in [2.75, 3.05) is 6.54 Å². The van der Waals surface area contributed by atoms with Crippen LogP contribution in [0.3, 0.4) is 0 Å². The van der Waals surface area contributed by atoms with Gasteiger partial charge >= 0.3 is 0 Å². The number of nitrogens with one attached hydrogen (secondary N) is 1. The third-order valence-electron chi connectivity index (χ3n) is 1.98. The molecule has 0 aliphatic heterocycles. The zero-order valence-electron chi connectivity index (χ0n) is 8.68. The largest absolute Gasteiger partial charge is 0.351 e. The molecule has 0 fully saturated rings. The third-order valence-corrected chi connectivity index (χ3v) is 2.30. The lowest BCUT2D eigenvalue weighted by Crippen LogP contribution is -2.28. The molecule has 0 spiro atoms. The van der Waals surface area contributed by atoms with Crippen molar-refractivity contribution >= 4 is 21.8 Å². The lowest BCUT2D eigenvalue weighted by molar-refractivity contribution is 0.0954. The first-order valence-electron chi connectivity index (χ1n) is 4.69. The van der Waals surface area contributed by atoms with Gasteiger partial charge in [-0.05, 0) is 24.6 Å². The lowest BCUT2D eigenvalue weighted by Gasteiger charge is -2.07. The molecule has 0 aliphatic carbocycles. The number of amides is 1. The predicted molar refractivity (Wildman–Crippen MR) is 61.9 cm³/mol. The Morgan fingerprint density at radius 2 is 2.27 bits per heavy atom. The minimum absolute atomic E-state index is 0.205. The fraction of sp³-hybridized carbons (Fsp3) is 0.364. The van der Waals surface area contributed by atoms with E-state index < -0.39 is 0 Å². The topological polar surface area (TPSA) is 29.1 Å². The number of hydrogen-bond donors (Lipinski definition) is 1. The summed E-state index contributed by atoms with van der Waals surface area (Å²) < 4.78 is 13.1. The maximum Gasteiger partial charge on any atom is 0.251 e. The van der Waals surface area contributed by atoms with Crippen molar-refractivity contribution in [3.05, 3.63) is 35.1 Å². The Hall–Kier alpha value is -0.900. The van der Waals surface area contributed by atoms with Crippen molar-refractivity contribution in [2.24, 2.45) is 0 Å². The molecular weight excluding hydrogens is 261 g/mol. The molecule has 0 heterocycles. The van der Waals surface area contributed by atoms with Crippen molar-refractivity contribution in [1.82, 2.24) is 5.32 Å². The first-order chi connectivity index (χ1) is 7.00. The standard InChI is InChI=1S/C11H13BrFNO/c1-7-3-4-9(5-10(7)13)11(15)14-6-8(2)12/h3-5,8H,6H2,1-2H3,(H,14,15). The van der Waals surface area contributed by atoms with Crippen LogP contribution in [0.4, 0.5) is 4.39 Å². The fourth-order valence-corrected chi connectivity index (χ4v) is 1.23. The molecule has 0 aromatic heterocycles. The van der Waals surface area contributed by atoms with Gasteiger partial charge in [-0.15, -0.1) is 0 Å². The normalized spacial score (nSPS) is 12.3. The molecule has 1 aromatic carbocycles. The van der Waals surface area contributed by atoms with Gasteiger partial charge in [0.05, 0.1) is 0 Å². The summed E-state index contributed by atoms with van der Waals surface area (Å²) in [7, 11) is 0. The van der Waals surface area contributed by atoms with Crippen LogP contribution in [-0.2, 0) is 0 Å². The average molecular weight is 274 g/mol. The van der Waals surface area contributed by atoms with E-state index in [9.17, 15) is 9.18 Å². The van der Waals surface area contributed by atoms with Crippen molar-refractivity contribution in [1.29, 1.82) is 0 Å². The van der Waals surface area contributed by atoms with E-state index in [4.69, 9.17) is 0 Å². The zero-order chi connectivity index (χ0) is 11.4. The molecule has 1 atom stereocenters. The second-order valence-electron chi connectivity index (χ2n) is 3.45. The van der Waals surface area contributed by atoms with E-state index in [1.165, 1.54) is 6.07 Å². The monoisotopic (exact) mass is 273 g/mol. The summed E-state index contributed by atoms with van der Waals surface area (Å²) in [5, 5.41) is 2.69. The fourth-order valence-electron chi connectivity index (χ4n) is 1.07. The summed E-state index contributed by atoms with van der Waals surface area (Å²) in [6.07, 6.45) is 0. The summed E-state index contributed by atoms with van der Waals surface area (Å²) in [6, 6.07) is 4.47. The van der Waals surface area contributed by atoms with Gasteiger partial charge in [0.25, 0.3) is 5.91 Å². The summed E-state index contributed by atoms with van der Waals surface area (Å²) in [4.78, 5) is 11.7. The molecule has 1 rings (SSSR count). The molecule has 0 aliphatic rings. The molecule has 0 radical (unpaired) electrons. The van der Waals surface area contributed by atoms with E-state index in [1.807, 2.05) is 6.92 Å². The number of rotatable bonds is 3. The van der Waals surface area contributed by atoms with Gasteiger partial charge in [0.1, 0.15) is 5.82 Å². The molecule has 1 aromatic rings. The van der Waals surface area contributed by atoms with Gasteiger partial charge in [-0.3, -0.25) is 4.79 Å². The Labute approximate surface area is 97.0 Å². The van der Waals surface area contributed by atoms with Gasteiger partial charge in [-0.1, -0.05) is 28.9 Å². The Kier molecular flexibility index (Phi) is 4.27. The van der Waals surface area contributed by atoms with Gasteiger partial charge in [-0.2, -0.15) is 0 Å². The van der Waals surface area contributed by atoms with Gasteiger partial charge in [-0.25, -0.2) is 4.39 Å². The van der Waals surface area contributed by atoms with Crippen LogP contribution < -0.4 is 5.32 Å². The van der Waals surface area contributed by atoms with Crippen molar-refractivity contribution in [2.45, 2.75) is 18.7 Å². The number of halogens is 2. The highest BCUT2D eigenvalue weighted by Crippen LogP contribution is 2.09. The molecule has 0 bridgehead atoms. The van der Waals surface area contributed by atoms with Gasteiger partial charge < -0.3 is 5.32 Å². The molecule has 0 saturated carbocycles. The molecular formula is C11H13BrFNO. The Balaban J connectivity index is 2.70. The molecule has 1 N–H and O–H groups in total. The third kappa shape index (κ3) is 3.63. The highest BCUT2D eigenvalue weighted by Gasteiger charge is 2.08. The number of benzene rings is 1. The van der Waals surface area contributed by atoms with Crippen molar-refractivity contribution in [3.63, 3.8) is 0 Å². The number of carbonyl (C=O) groups is 1. The van der Waals surface area contributed by atoms with Gasteiger partial charge in [0.15, 0.2) is 0 Å². The van der Waals surface area contributed by atoms with E-state index in [2.05, 4.69) is 21.2 Å². The van der Waals surface area contributed by atoms with Crippen molar-refractivity contribution < 1.29 is 9.18 Å². The van der Waals surface area contributed by atoms with E-state index in [0.717, 1.165) is 0 Å². The minimum Gasteiger partial charge on any atom is -0.351 e. The van der Waals surface area contributed by atoms with E-state index in [0.29, 0.717) is 17.7 Å². The summed E-state index contributed by atoms with van der Waals surface area (Å²) in [5.74, 6) is -0.602. The Morgan fingerprint density at radius 3 is 2.80 bits per heavy atom. The summed E-state index contributed by atoms with van der Waals surface area (Å²) in [5.41, 5.74) is 0.895. The number of carbonyl (C=O) groups excluding carboxylic acids is 1. The Bertz CT molecular complexity index is 366. The SMILES string of the molecule is Cc1ccc(C(=O)NCC(C)Br)cc1F. The first kappa shape index (κ1) is 12.2. The zero-order valence-corrected chi connectivity index (χ0v) is 10.3.